The zero-order chi connectivity index (χ0) is 19.5. The van der Waals surface area contributed by atoms with Gasteiger partial charge in [-0.15, -0.1) is 11.8 Å². The number of hydrogen-bond acceptors (Lipinski definition) is 4. The fourth-order valence-corrected chi connectivity index (χ4v) is 4.46. The van der Waals surface area contributed by atoms with Crippen molar-refractivity contribution in [3.63, 3.8) is 0 Å². The number of fused-ring (bicyclic) bond motifs is 1. The molecule has 0 spiro atoms. The third-order valence-electron chi connectivity index (χ3n) is 4.97. The van der Waals surface area contributed by atoms with Crippen LogP contribution in [0.3, 0.4) is 0 Å². The molecule has 1 saturated heterocycles. The Kier molecular flexibility index (Phi) is 5.71. The lowest BCUT2D eigenvalue weighted by Crippen LogP contribution is -2.32. The Morgan fingerprint density at radius 3 is 2.75 bits per heavy atom. The van der Waals surface area contributed by atoms with Crippen LogP contribution in [0.2, 0.25) is 0 Å². The summed E-state index contributed by atoms with van der Waals surface area (Å²) in [7, 11) is 0. The monoisotopic (exact) mass is 405 g/mol. The van der Waals surface area contributed by atoms with Gasteiger partial charge in [-0.25, -0.2) is 8.78 Å². The zero-order valence-corrected chi connectivity index (χ0v) is 16.1. The quantitative estimate of drug-likeness (QED) is 0.698. The number of likely N-dealkylation sites (tertiary alicyclic amines) is 1. The molecule has 0 unspecified atom stereocenters. The molecule has 2 aromatic rings. The van der Waals surface area contributed by atoms with Crippen molar-refractivity contribution in [1.29, 1.82) is 0 Å². The first-order valence-corrected chi connectivity index (χ1v) is 10.4. The van der Waals surface area contributed by atoms with Crippen LogP contribution >= 0.6 is 11.8 Å². The average molecular weight is 405 g/mol. The molecule has 148 valence electrons. The maximum Gasteiger partial charge on any atom is 0.233 e. The highest BCUT2D eigenvalue weighted by Crippen LogP contribution is 2.38. The van der Waals surface area contributed by atoms with Gasteiger partial charge >= 0.3 is 0 Å². The van der Waals surface area contributed by atoms with Gasteiger partial charge in [0.2, 0.25) is 5.91 Å². The SMILES string of the molecule is O=C(CSc1cc(F)ccc1F)N1CCC[C@@H]1c1ccc2c(c1)OCCCO2. The van der Waals surface area contributed by atoms with E-state index in [1.165, 1.54) is 0 Å². The molecule has 0 aliphatic carbocycles. The summed E-state index contributed by atoms with van der Waals surface area (Å²) in [5, 5.41) is 0. The van der Waals surface area contributed by atoms with Gasteiger partial charge in [0, 0.05) is 17.9 Å². The fraction of sp³-hybridized carbons (Fsp3) is 0.381. The number of rotatable bonds is 4. The van der Waals surface area contributed by atoms with Crippen LogP contribution in [0.1, 0.15) is 30.9 Å². The number of ether oxygens (including phenoxy) is 2. The standard InChI is InChI=1S/C21H21F2NO3S/c22-15-5-6-16(23)20(12-15)28-13-21(25)24-8-1-3-17(24)14-4-7-18-19(11-14)27-10-2-9-26-18/h4-7,11-12,17H,1-3,8-10,13H2/t17-/m1/s1. The second-order valence-electron chi connectivity index (χ2n) is 6.87. The molecular formula is C21H21F2NO3S. The summed E-state index contributed by atoms with van der Waals surface area (Å²) in [6, 6.07) is 9.06. The highest BCUT2D eigenvalue weighted by atomic mass is 32.2. The van der Waals surface area contributed by atoms with Crippen LogP contribution < -0.4 is 9.47 Å². The highest BCUT2D eigenvalue weighted by Gasteiger charge is 2.30. The molecule has 0 radical (unpaired) electrons. The summed E-state index contributed by atoms with van der Waals surface area (Å²) in [6.45, 7) is 1.90. The van der Waals surface area contributed by atoms with Crippen molar-refractivity contribution >= 4 is 17.7 Å². The van der Waals surface area contributed by atoms with Gasteiger partial charge in [-0.1, -0.05) is 6.07 Å². The molecule has 0 N–H and O–H groups in total. The van der Waals surface area contributed by atoms with Crippen LogP contribution in [-0.2, 0) is 4.79 Å². The van der Waals surface area contributed by atoms with E-state index in [2.05, 4.69) is 0 Å². The molecular weight excluding hydrogens is 384 g/mol. The van der Waals surface area contributed by atoms with Crippen LogP contribution in [0, 0.1) is 11.6 Å². The first kappa shape index (κ1) is 19.1. The maximum absolute atomic E-state index is 13.8. The molecule has 2 heterocycles. The summed E-state index contributed by atoms with van der Waals surface area (Å²) in [6.07, 6.45) is 2.61. The van der Waals surface area contributed by atoms with Gasteiger partial charge in [-0.2, -0.15) is 0 Å². The number of benzene rings is 2. The molecule has 28 heavy (non-hydrogen) atoms. The van der Waals surface area contributed by atoms with E-state index < -0.39 is 11.6 Å². The van der Waals surface area contributed by atoms with E-state index in [0.717, 1.165) is 60.5 Å². The van der Waals surface area contributed by atoms with E-state index in [-0.39, 0.29) is 22.6 Å². The number of nitrogens with zero attached hydrogens (tertiary/aromatic N) is 1. The third-order valence-corrected chi connectivity index (χ3v) is 5.99. The van der Waals surface area contributed by atoms with E-state index in [9.17, 15) is 13.6 Å². The molecule has 0 bridgehead atoms. The first-order chi connectivity index (χ1) is 13.6. The number of carbonyl (C=O) groups excluding carboxylic acids is 1. The Hall–Kier alpha value is -2.28. The zero-order valence-electron chi connectivity index (χ0n) is 15.3. The minimum Gasteiger partial charge on any atom is -0.490 e. The summed E-state index contributed by atoms with van der Waals surface area (Å²) in [4.78, 5) is 14.8. The Balaban J connectivity index is 1.46. The van der Waals surface area contributed by atoms with Crippen LogP contribution in [0.25, 0.3) is 0 Å². The summed E-state index contributed by atoms with van der Waals surface area (Å²) < 4.78 is 38.6. The van der Waals surface area contributed by atoms with Crippen molar-refractivity contribution in [2.45, 2.75) is 30.2 Å². The summed E-state index contributed by atoms with van der Waals surface area (Å²) >= 11 is 1.03. The summed E-state index contributed by atoms with van der Waals surface area (Å²) in [5.41, 5.74) is 1.01. The predicted molar refractivity (Wildman–Crippen MR) is 103 cm³/mol. The Bertz CT molecular complexity index is 877. The van der Waals surface area contributed by atoms with E-state index >= 15 is 0 Å². The number of hydrogen-bond donors (Lipinski definition) is 0. The molecule has 1 amide bonds. The molecule has 4 rings (SSSR count). The van der Waals surface area contributed by atoms with E-state index in [1.807, 2.05) is 23.1 Å². The second kappa shape index (κ2) is 8.39. The molecule has 2 aliphatic heterocycles. The second-order valence-corrected chi connectivity index (χ2v) is 7.88. The molecule has 0 aromatic heterocycles. The normalized spacial score (nSPS) is 18.8. The maximum atomic E-state index is 13.8. The van der Waals surface area contributed by atoms with Crippen LogP contribution in [0.15, 0.2) is 41.3 Å². The van der Waals surface area contributed by atoms with Crippen molar-refractivity contribution < 1.29 is 23.0 Å². The van der Waals surface area contributed by atoms with Gasteiger partial charge in [0.05, 0.1) is 25.0 Å². The molecule has 7 heteroatoms. The number of thioether (sulfide) groups is 1. The van der Waals surface area contributed by atoms with Gasteiger partial charge in [-0.05, 0) is 48.7 Å². The van der Waals surface area contributed by atoms with E-state index in [1.54, 1.807) is 0 Å². The average Bonchev–Trinajstić information content (AvgIpc) is 3.07. The van der Waals surface area contributed by atoms with Crippen molar-refractivity contribution in [3.8, 4) is 11.5 Å². The van der Waals surface area contributed by atoms with Crippen molar-refractivity contribution in [2.75, 3.05) is 25.5 Å². The van der Waals surface area contributed by atoms with Crippen LogP contribution in [-0.4, -0.2) is 36.3 Å². The van der Waals surface area contributed by atoms with E-state index in [4.69, 9.17) is 9.47 Å². The van der Waals surface area contributed by atoms with Gasteiger partial charge in [0.15, 0.2) is 11.5 Å². The number of carbonyl (C=O) groups is 1. The molecule has 1 fully saturated rings. The third kappa shape index (κ3) is 4.09. The van der Waals surface area contributed by atoms with Crippen molar-refractivity contribution in [2.24, 2.45) is 0 Å². The van der Waals surface area contributed by atoms with Crippen molar-refractivity contribution in [1.82, 2.24) is 4.90 Å². The smallest absolute Gasteiger partial charge is 0.233 e. The molecule has 4 nitrogen and oxygen atoms in total. The molecule has 0 saturated carbocycles. The van der Waals surface area contributed by atoms with E-state index in [0.29, 0.717) is 25.5 Å². The van der Waals surface area contributed by atoms with Gasteiger partial charge in [0.25, 0.3) is 0 Å². The van der Waals surface area contributed by atoms with Gasteiger partial charge in [0.1, 0.15) is 11.6 Å². The largest absolute Gasteiger partial charge is 0.490 e. The molecule has 2 aromatic carbocycles. The lowest BCUT2D eigenvalue weighted by Gasteiger charge is -2.25. The summed E-state index contributed by atoms with van der Waals surface area (Å²) in [5.74, 6) is 0.409. The van der Waals surface area contributed by atoms with Gasteiger partial charge < -0.3 is 14.4 Å². The lowest BCUT2D eigenvalue weighted by atomic mass is 10.0. The minimum atomic E-state index is -0.514. The Labute approximate surface area is 166 Å². The number of amides is 1. The number of halogens is 2. The Morgan fingerprint density at radius 2 is 1.89 bits per heavy atom. The topological polar surface area (TPSA) is 38.8 Å². The van der Waals surface area contributed by atoms with Gasteiger partial charge in [-0.3, -0.25) is 4.79 Å². The van der Waals surface area contributed by atoms with Crippen LogP contribution in [0.4, 0.5) is 8.78 Å². The first-order valence-electron chi connectivity index (χ1n) is 9.39. The Morgan fingerprint density at radius 1 is 1.07 bits per heavy atom. The molecule has 2 aliphatic rings. The predicted octanol–water partition coefficient (Wildman–Crippen LogP) is 4.58. The van der Waals surface area contributed by atoms with Crippen LogP contribution in [0.5, 0.6) is 11.5 Å². The highest BCUT2D eigenvalue weighted by molar-refractivity contribution is 8.00. The fourth-order valence-electron chi connectivity index (χ4n) is 3.61. The lowest BCUT2D eigenvalue weighted by molar-refractivity contribution is -0.129. The minimum absolute atomic E-state index is 0.0393. The van der Waals surface area contributed by atoms with Crippen molar-refractivity contribution in [3.05, 3.63) is 53.6 Å². The molecule has 1 atom stereocenters.